The highest BCUT2D eigenvalue weighted by molar-refractivity contribution is 5.71. The van der Waals surface area contributed by atoms with Crippen molar-refractivity contribution in [2.45, 2.75) is 284 Å². The average molecular weight is 988 g/mol. The minimum atomic E-state index is -0.788. The molecule has 0 fully saturated rings. The lowest BCUT2D eigenvalue weighted by molar-refractivity contribution is -0.167. The Kier molecular flexibility index (Phi) is 55.9. The highest BCUT2D eigenvalue weighted by Gasteiger charge is 2.19. The molecule has 0 aromatic heterocycles. The van der Waals surface area contributed by atoms with Crippen LogP contribution in [-0.2, 0) is 28.6 Å². The van der Waals surface area contributed by atoms with E-state index in [4.69, 9.17) is 14.2 Å². The number of carbonyl (C=O) groups is 3. The molecule has 0 heterocycles. The Morgan fingerprint density at radius 3 is 0.859 bits per heavy atom. The highest BCUT2D eigenvalue weighted by Crippen LogP contribution is 2.15. The van der Waals surface area contributed by atoms with Crippen LogP contribution in [0.1, 0.15) is 278 Å². The Hall–Kier alpha value is -3.67. The molecule has 0 aliphatic rings. The molecule has 6 heteroatoms. The van der Waals surface area contributed by atoms with Gasteiger partial charge in [0.05, 0.1) is 0 Å². The van der Waals surface area contributed by atoms with Crippen LogP contribution in [-0.4, -0.2) is 37.2 Å². The first-order valence-electron chi connectivity index (χ1n) is 29.7. The molecule has 0 aliphatic carbocycles. The third kappa shape index (κ3) is 57.1. The van der Waals surface area contributed by atoms with Gasteiger partial charge in [0.1, 0.15) is 13.2 Å². The molecular formula is C65H110O6. The van der Waals surface area contributed by atoms with Gasteiger partial charge in [-0.3, -0.25) is 14.4 Å². The second-order valence-electron chi connectivity index (χ2n) is 19.5. The molecule has 0 aromatic carbocycles. The van der Waals surface area contributed by atoms with E-state index in [-0.39, 0.29) is 31.1 Å². The van der Waals surface area contributed by atoms with E-state index in [2.05, 4.69) is 118 Å². The maximum atomic E-state index is 12.8. The van der Waals surface area contributed by atoms with E-state index in [9.17, 15) is 14.4 Å². The predicted octanol–water partition coefficient (Wildman–Crippen LogP) is 20.1. The van der Waals surface area contributed by atoms with Crippen molar-refractivity contribution in [1.29, 1.82) is 0 Å². The molecule has 1 atom stereocenters. The van der Waals surface area contributed by atoms with Gasteiger partial charge in [-0.25, -0.2) is 0 Å². The number of rotatable bonds is 53. The van der Waals surface area contributed by atoms with Gasteiger partial charge in [-0.1, -0.05) is 253 Å². The summed E-state index contributed by atoms with van der Waals surface area (Å²) in [5, 5.41) is 0. The minimum Gasteiger partial charge on any atom is -0.462 e. The summed E-state index contributed by atoms with van der Waals surface area (Å²) in [5.41, 5.74) is 0. The van der Waals surface area contributed by atoms with Gasteiger partial charge >= 0.3 is 17.9 Å². The maximum Gasteiger partial charge on any atom is 0.306 e. The van der Waals surface area contributed by atoms with Crippen LogP contribution < -0.4 is 0 Å². The van der Waals surface area contributed by atoms with Gasteiger partial charge in [-0.2, -0.15) is 0 Å². The van der Waals surface area contributed by atoms with Crippen LogP contribution in [0.2, 0.25) is 0 Å². The SMILES string of the molecule is CC/C=C\C/C=C\C/C=C\C/C=C\C/C=C\C/C=C\CCCCCCC(=O)OCC(COC(=O)CCCCCCCCC)OC(=O)CCCCCCCCCCCCC/C=C\C/C=C\CCCCCCC. The number of carbonyl (C=O) groups excluding carboxylic acids is 3. The quantitative estimate of drug-likeness (QED) is 0.0261. The number of hydrogen-bond donors (Lipinski definition) is 0. The van der Waals surface area contributed by atoms with Crippen LogP contribution >= 0.6 is 0 Å². The van der Waals surface area contributed by atoms with Gasteiger partial charge in [0.2, 0.25) is 0 Å². The molecular weight excluding hydrogens is 877 g/mol. The van der Waals surface area contributed by atoms with Crippen LogP contribution in [0.25, 0.3) is 0 Å². The fourth-order valence-corrected chi connectivity index (χ4v) is 8.12. The van der Waals surface area contributed by atoms with Crippen molar-refractivity contribution in [3.63, 3.8) is 0 Å². The second kappa shape index (κ2) is 58.9. The van der Waals surface area contributed by atoms with Crippen molar-refractivity contribution >= 4 is 17.9 Å². The largest absolute Gasteiger partial charge is 0.462 e. The topological polar surface area (TPSA) is 78.9 Å². The molecule has 0 saturated heterocycles. The predicted molar refractivity (Wildman–Crippen MR) is 307 cm³/mol. The van der Waals surface area contributed by atoms with Crippen LogP contribution in [0.5, 0.6) is 0 Å². The van der Waals surface area contributed by atoms with E-state index in [1.165, 1.54) is 122 Å². The third-order valence-corrected chi connectivity index (χ3v) is 12.6. The Morgan fingerprint density at radius 2 is 0.549 bits per heavy atom. The van der Waals surface area contributed by atoms with Gasteiger partial charge in [0.25, 0.3) is 0 Å². The second-order valence-corrected chi connectivity index (χ2v) is 19.5. The Morgan fingerprint density at radius 1 is 0.296 bits per heavy atom. The molecule has 0 aliphatic heterocycles. The lowest BCUT2D eigenvalue weighted by Gasteiger charge is -2.18. The molecule has 406 valence electrons. The summed E-state index contributed by atoms with van der Waals surface area (Å²) in [6, 6.07) is 0. The molecule has 6 nitrogen and oxygen atoms in total. The molecule has 71 heavy (non-hydrogen) atoms. The Bertz CT molecular complexity index is 1410. The maximum absolute atomic E-state index is 12.8. The first-order valence-corrected chi connectivity index (χ1v) is 29.7. The molecule has 1 unspecified atom stereocenters. The number of hydrogen-bond acceptors (Lipinski definition) is 6. The summed E-state index contributed by atoms with van der Waals surface area (Å²) in [6.07, 6.45) is 78.5. The van der Waals surface area contributed by atoms with E-state index in [0.29, 0.717) is 19.3 Å². The highest BCUT2D eigenvalue weighted by atomic mass is 16.6. The van der Waals surface area contributed by atoms with Crippen molar-refractivity contribution in [3.8, 4) is 0 Å². The van der Waals surface area contributed by atoms with Gasteiger partial charge in [0, 0.05) is 19.3 Å². The van der Waals surface area contributed by atoms with Crippen molar-refractivity contribution < 1.29 is 28.6 Å². The number of unbranched alkanes of at least 4 members (excludes halogenated alkanes) is 26. The Labute approximate surface area is 438 Å². The zero-order chi connectivity index (χ0) is 51.4. The van der Waals surface area contributed by atoms with Crippen LogP contribution in [0.4, 0.5) is 0 Å². The molecule has 0 spiro atoms. The third-order valence-electron chi connectivity index (χ3n) is 12.6. The van der Waals surface area contributed by atoms with Gasteiger partial charge < -0.3 is 14.2 Å². The summed E-state index contributed by atoms with van der Waals surface area (Å²) < 4.78 is 16.8. The molecule has 0 rings (SSSR count). The first-order chi connectivity index (χ1) is 35.0. The van der Waals surface area contributed by atoms with Gasteiger partial charge in [-0.15, -0.1) is 0 Å². The normalized spacial score (nSPS) is 12.8. The summed E-state index contributed by atoms with van der Waals surface area (Å²) in [5.74, 6) is -0.917. The summed E-state index contributed by atoms with van der Waals surface area (Å²) in [6.45, 7) is 6.46. The van der Waals surface area contributed by atoms with Crippen molar-refractivity contribution in [3.05, 3.63) is 97.2 Å². The lowest BCUT2D eigenvalue weighted by Crippen LogP contribution is -2.30. The van der Waals surface area contributed by atoms with Gasteiger partial charge in [0.15, 0.2) is 6.10 Å². The number of esters is 3. The van der Waals surface area contributed by atoms with E-state index < -0.39 is 6.10 Å². The molecule has 0 aromatic rings. The van der Waals surface area contributed by atoms with Crippen LogP contribution in [0.3, 0.4) is 0 Å². The Balaban J connectivity index is 4.25. The fraction of sp³-hybridized carbons (Fsp3) is 0.708. The number of allylic oxidation sites excluding steroid dienone is 16. The van der Waals surface area contributed by atoms with Crippen molar-refractivity contribution in [1.82, 2.24) is 0 Å². The van der Waals surface area contributed by atoms with E-state index in [0.717, 1.165) is 116 Å². The van der Waals surface area contributed by atoms with Gasteiger partial charge in [-0.05, 0) is 103 Å². The lowest BCUT2D eigenvalue weighted by atomic mass is 10.0. The smallest absolute Gasteiger partial charge is 0.306 e. The monoisotopic (exact) mass is 987 g/mol. The zero-order valence-corrected chi connectivity index (χ0v) is 46.5. The van der Waals surface area contributed by atoms with E-state index >= 15 is 0 Å². The summed E-state index contributed by atoms with van der Waals surface area (Å²) >= 11 is 0. The first kappa shape index (κ1) is 67.3. The fourth-order valence-electron chi connectivity index (χ4n) is 8.12. The molecule has 0 N–H and O–H groups in total. The molecule has 0 radical (unpaired) electrons. The molecule has 0 saturated carbocycles. The molecule has 0 amide bonds. The summed E-state index contributed by atoms with van der Waals surface area (Å²) in [4.78, 5) is 38.0. The standard InChI is InChI=1S/C65H110O6/c1-4-7-10-13-16-18-20-22-24-26-28-30-32-34-36-38-40-42-44-46-49-52-55-58-64(67)70-61-62(60-69-63(66)57-54-51-48-15-12-9-6-3)71-65(68)59-56-53-50-47-45-43-41-39-37-35-33-31-29-27-25-23-21-19-17-14-11-8-5-2/h7,10,16,18,21-24,27-30,34,36,40,42,62H,4-6,8-9,11-15,17,19-20,25-26,31-33,35,37-39,41,43-61H2,1-3H3/b10-7-,18-16-,23-21-,24-22-,29-27-,30-28-,36-34-,42-40-. The van der Waals surface area contributed by atoms with Crippen LogP contribution in [0, 0.1) is 0 Å². The van der Waals surface area contributed by atoms with E-state index in [1.54, 1.807) is 0 Å². The van der Waals surface area contributed by atoms with Crippen molar-refractivity contribution in [2.75, 3.05) is 13.2 Å². The number of ether oxygens (including phenoxy) is 3. The zero-order valence-electron chi connectivity index (χ0n) is 46.5. The van der Waals surface area contributed by atoms with Crippen molar-refractivity contribution in [2.24, 2.45) is 0 Å². The average Bonchev–Trinajstić information content (AvgIpc) is 3.37. The van der Waals surface area contributed by atoms with E-state index in [1.807, 2.05) is 0 Å². The minimum absolute atomic E-state index is 0.0861. The van der Waals surface area contributed by atoms with Crippen LogP contribution in [0.15, 0.2) is 97.2 Å². The summed E-state index contributed by atoms with van der Waals surface area (Å²) in [7, 11) is 0. The molecule has 0 bridgehead atoms.